The minimum Gasteiger partial charge on any atom is -0.332 e. The Morgan fingerprint density at radius 3 is 2.23 bits per heavy atom. The molecule has 0 atom stereocenters. The van der Waals surface area contributed by atoms with Crippen molar-refractivity contribution in [3.63, 3.8) is 0 Å². The maximum absolute atomic E-state index is 8.67. The molecule has 0 aliphatic heterocycles. The smallest absolute Gasteiger partial charge is 0.166 e. The molecular formula is C18H15N3S. The van der Waals surface area contributed by atoms with Gasteiger partial charge in [0.1, 0.15) is 0 Å². The summed E-state index contributed by atoms with van der Waals surface area (Å²) in [5.74, 6) is 0.743. The van der Waals surface area contributed by atoms with Gasteiger partial charge in [0.15, 0.2) is 5.16 Å². The molecule has 0 amide bonds. The first-order valence-electron chi connectivity index (χ1n) is 7.09. The Morgan fingerprint density at radius 1 is 0.955 bits per heavy atom. The van der Waals surface area contributed by atoms with E-state index in [1.807, 2.05) is 36.4 Å². The molecular weight excluding hydrogens is 290 g/mol. The summed E-state index contributed by atoms with van der Waals surface area (Å²) in [6.07, 6.45) is 0.521. The molecule has 1 aromatic heterocycles. The van der Waals surface area contributed by atoms with Gasteiger partial charge in [-0.05, 0) is 0 Å². The van der Waals surface area contributed by atoms with E-state index in [9.17, 15) is 0 Å². The fraction of sp³-hybridized carbons (Fsp3) is 0.111. The summed E-state index contributed by atoms with van der Waals surface area (Å²) in [6.45, 7) is 0. The number of aromatic amines is 1. The maximum atomic E-state index is 8.67. The largest absolute Gasteiger partial charge is 0.332 e. The molecule has 4 heteroatoms. The van der Waals surface area contributed by atoms with Gasteiger partial charge in [-0.25, -0.2) is 4.98 Å². The van der Waals surface area contributed by atoms with Gasteiger partial charge in [0.2, 0.25) is 0 Å². The topological polar surface area (TPSA) is 52.5 Å². The second-order valence-corrected chi connectivity index (χ2v) is 5.84. The number of thioether (sulfide) groups is 1. The van der Waals surface area contributed by atoms with Crippen LogP contribution < -0.4 is 0 Å². The van der Waals surface area contributed by atoms with E-state index in [1.54, 1.807) is 11.8 Å². The lowest BCUT2D eigenvalue weighted by Gasteiger charge is -2.02. The second kappa shape index (κ2) is 6.97. The molecule has 1 heterocycles. The van der Waals surface area contributed by atoms with Crippen LogP contribution in [0.2, 0.25) is 0 Å². The Balaban J connectivity index is 2.01. The summed E-state index contributed by atoms with van der Waals surface area (Å²) >= 11 is 1.58. The number of hydrogen-bond acceptors (Lipinski definition) is 3. The number of hydrogen-bond donors (Lipinski definition) is 1. The van der Waals surface area contributed by atoms with Crippen molar-refractivity contribution in [3.8, 4) is 28.6 Å². The Kier molecular flexibility index (Phi) is 4.57. The van der Waals surface area contributed by atoms with Gasteiger partial charge >= 0.3 is 0 Å². The highest BCUT2D eigenvalue weighted by atomic mass is 32.2. The third kappa shape index (κ3) is 3.21. The molecule has 3 aromatic rings. The molecule has 1 N–H and O–H groups in total. The number of H-pyrrole nitrogens is 1. The highest BCUT2D eigenvalue weighted by Gasteiger charge is 2.13. The van der Waals surface area contributed by atoms with Crippen LogP contribution in [0.1, 0.15) is 6.42 Å². The van der Waals surface area contributed by atoms with Crippen LogP contribution in [0.5, 0.6) is 0 Å². The van der Waals surface area contributed by atoms with E-state index in [2.05, 4.69) is 35.3 Å². The number of rotatable bonds is 5. The molecule has 0 saturated carbocycles. The Bertz CT molecular complexity index is 716. The number of nitrogens with one attached hydrogen (secondary N) is 1. The normalized spacial score (nSPS) is 10.3. The standard InChI is InChI=1S/C18H15N3S/c19-12-7-13-22-18-20-16(14-8-3-1-4-9-14)17(21-18)15-10-5-2-6-11-15/h1-6,8-11H,7,13H2,(H,20,21). The van der Waals surface area contributed by atoms with Crippen LogP contribution in [0.3, 0.4) is 0 Å². The average Bonchev–Trinajstić information content (AvgIpc) is 3.01. The van der Waals surface area contributed by atoms with Crippen LogP contribution in [-0.2, 0) is 0 Å². The van der Waals surface area contributed by atoms with Gasteiger partial charge in [-0.3, -0.25) is 0 Å². The Labute approximate surface area is 134 Å². The Hall–Kier alpha value is -2.51. The van der Waals surface area contributed by atoms with E-state index in [0.29, 0.717) is 6.42 Å². The van der Waals surface area contributed by atoms with Crippen LogP contribution in [0.15, 0.2) is 65.8 Å². The number of imidazole rings is 1. The van der Waals surface area contributed by atoms with E-state index in [1.165, 1.54) is 0 Å². The average molecular weight is 305 g/mol. The van der Waals surface area contributed by atoms with E-state index >= 15 is 0 Å². The van der Waals surface area contributed by atoms with Gasteiger partial charge in [0.25, 0.3) is 0 Å². The van der Waals surface area contributed by atoms with Gasteiger partial charge in [-0.1, -0.05) is 72.4 Å². The molecule has 0 unspecified atom stereocenters. The molecule has 3 rings (SSSR count). The zero-order valence-corrected chi connectivity index (χ0v) is 12.8. The van der Waals surface area contributed by atoms with Gasteiger partial charge in [0.05, 0.1) is 17.5 Å². The summed E-state index contributed by atoms with van der Waals surface area (Å²) in [5.41, 5.74) is 4.17. The molecule has 0 radical (unpaired) electrons. The van der Waals surface area contributed by atoms with Crippen LogP contribution >= 0.6 is 11.8 Å². The molecule has 0 aliphatic rings. The SMILES string of the molecule is N#CCCSc1nc(-c2ccccc2)c(-c2ccccc2)[nH]1. The molecule has 0 aliphatic carbocycles. The summed E-state index contributed by atoms with van der Waals surface area (Å²) in [5, 5.41) is 9.52. The van der Waals surface area contributed by atoms with Crippen molar-refractivity contribution in [1.82, 2.24) is 9.97 Å². The monoisotopic (exact) mass is 305 g/mol. The van der Waals surface area contributed by atoms with Crippen LogP contribution in [-0.4, -0.2) is 15.7 Å². The number of nitrogens with zero attached hydrogens (tertiary/aromatic N) is 2. The quantitative estimate of drug-likeness (QED) is 0.546. The van der Waals surface area contributed by atoms with Gasteiger partial charge in [-0.15, -0.1) is 0 Å². The number of aromatic nitrogens is 2. The minimum absolute atomic E-state index is 0.521. The zero-order valence-electron chi connectivity index (χ0n) is 12.0. The summed E-state index contributed by atoms with van der Waals surface area (Å²) in [6, 6.07) is 22.5. The van der Waals surface area contributed by atoms with Gasteiger partial charge < -0.3 is 4.98 Å². The fourth-order valence-electron chi connectivity index (χ4n) is 2.23. The highest BCUT2D eigenvalue weighted by Crippen LogP contribution is 2.32. The van der Waals surface area contributed by atoms with Crippen molar-refractivity contribution < 1.29 is 0 Å². The third-order valence-corrected chi connectivity index (χ3v) is 4.12. The third-order valence-electron chi connectivity index (χ3n) is 3.24. The first-order chi connectivity index (χ1) is 10.9. The lowest BCUT2D eigenvalue weighted by atomic mass is 10.1. The van der Waals surface area contributed by atoms with Crippen molar-refractivity contribution in [1.29, 1.82) is 5.26 Å². The van der Waals surface area contributed by atoms with Gasteiger partial charge in [0, 0.05) is 23.3 Å². The second-order valence-electron chi connectivity index (χ2n) is 4.75. The molecule has 3 nitrogen and oxygen atoms in total. The summed E-state index contributed by atoms with van der Waals surface area (Å²) < 4.78 is 0. The lowest BCUT2D eigenvalue weighted by Crippen LogP contribution is -1.82. The van der Waals surface area contributed by atoms with Crippen molar-refractivity contribution in [2.45, 2.75) is 11.6 Å². The first-order valence-corrected chi connectivity index (χ1v) is 8.07. The van der Waals surface area contributed by atoms with Crippen molar-refractivity contribution in [2.24, 2.45) is 0 Å². The first kappa shape index (κ1) is 14.4. The molecule has 2 aromatic carbocycles. The number of nitriles is 1. The van der Waals surface area contributed by atoms with E-state index in [-0.39, 0.29) is 0 Å². The molecule has 0 fully saturated rings. The summed E-state index contributed by atoms with van der Waals surface area (Å²) in [7, 11) is 0. The van der Waals surface area contributed by atoms with Crippen molar-refractivity contribution >= 4 is 11.8 Å². The minimum atomic E-state index is 0.521. The van der Waals surface area contributed by atoms with E-state index in [0.717, 1.165) is 33.4 Å². The van der Waals surface area contributed by atoms with Crippen molar-refractivity contribution in [2.75, 3.05) is 5.75 Å². The number of benzene rings is 2. The zero-order chi connectivity index (χ0) is 15.2. The van der Waals surface area contributed by atoms with Crippen LogP contribution in [0.25, 0.3) is 22.5 Å². The fourth-order valence-corrected chi connectivity index (χ4v) is 2.95. The predicted octanol–water partition coefficient (Wildman–Crippen LogP) is 4.75. The van der Waals surface area contributed by atoms with E-state index in [4.69, 9.17) is 10.2 Å². The highest BCUT2D eigenvalue weighted by molar-refractivity contribution is 7.99. The van der Waals surface area contributed by atoms with Crippen LogP contribution in [0.4, 0.5) is 0 Å². The molecule has 0 saturated heterocycles. The Morgan fingerprint density at radius 2 is 1.59 bits per heavy atom. The molecule has 0 spiro atoms. The maximum Gasteiger partial charge on any atom is 0.166 e. The lowest BCUT2D eigenvalue weighted by molar-refractivity contribution is 1.06. The summed E-state index contributed by atoms with van der Waals surface area (Å²) in [4.78, 5) is 8.12. The van der Waals surface area contributed by atoms with Crippen LogP contribution in [0, 0.1) is 11.3 Å². The predicted molar refractivity (Wildman–Crippen MR) is 90.4 cm³/mol. The van der Waals surface area contributed by atoms with Crippen molar-refractivity contribution in [3.05, 3.63) is 60.7 Å². The molecule has 22 heavy (non-hydrogen) atoms. The van der Waals surface area contributed by atoms with E-state index < -0.39 is 0 Å². The van der Waals surface area contributed by atoms with Gasteiger partial charge in [-0.2, -0.15) is 5.26 Å². The molecule has 0 bridgehead atoms. The molecule has 108 valence electrons.